The topological polar surface area (TPSA) is 142 Å². The molecule has 5 rings (SSSR count). The molecule has 0 aliphatic rings. The molecule has 10 nitrogen and oxygen atoms in total. The average Bonchev–Trinajstić information content (AvgIpc) is 3.54. The molecular formula is C24H22B2N6O4. The minimum Gasteiger partial charge on any atom is -0.423 e. The van der Waals surface area contributed by atoms with Crippen LogP contribution in [0.25, 0.3) is 22.5 Å². The van der Waals surface area contributed by atoms with E-state index in [2.05, 4.69) is 20.6 Å². The second kappa shape index (κ2) is 10.3. The lowest BCUT2D eigenvalue weighted by molar-refractivity contribution is 0.424. The van der Waals surface area contributed by atoms with Crippen molar-refractivity contribution in [2.24, 2.45) is 0 Å². The maximum absolute atomic E-state index is 9.64. The third-order valence-electron chi connectivity index (χ3n) is 5.89. The van der Waals surface area contributed by atoms with Crippen LogP contribution in [0.2, 0.25) is 0 Å². The van der Waals surface area contributed by atoms with E-state index in [1.165, 1.54) is 0 Å². The third kappa shape index (κ3) is 4.97. The first-order valence-corrected chi connectivity index (χ1v) is 11.3. The molecule has 0 aliphatic carbocycles. The van der Waals surface area contributed by atoms with Crippen LogP contribution < -0.4 is 10.9 Å². The monoisotopic (exact) mass is 480 g/mol. The summed E-state index contributed by atoms with van der Waals surface area (Å²) in [5.41, 5.74) is 5.20. The summed E-state index contributed by atoms with van der Waals surface area (Å²) in [4.78, 5) is 0. The predicted octanol–water partition coefficient (Wildman–Crippen LogP) is -0.340. The van der Waals surface area contributed by atoms with E-state index in [-0.39, 0.29) is 0 Å². The molecule has 0 bridgehead atoms. The van der Waals surface area contributed by atoms with Crippen molar-refractivity contribution < 1.29 is 20.1 Å². The van der Waals surface area contributed by atoms with Crippen molar-refractivity contribution in [1.82, 2.24) is 30.0 Å². The van der Waals surface area contributed by atoms with Crippen LogP contribution in [0.5, 0.6) is 0 Å². The zero-order chi connectivity index (χ0) is 25.1. The number of aromatic nitrogens is 6. The summed E-state index contributed by atoms with van der Waals surface area (Å²) >= 11 is 0. The molecular weight excluding hydrogens is 458 g/mol. The Labute approximate surface area is 207 Å². The van der Waals surface area contributed by atoms with Gasteiger partial charge in [0.25, 0.3) is 0 Å². The molecule has 0 fully saturated rings. The van der Waals surface area contributed by atoms with Crippen LogP contribution in [-0.4, -0.2) is 64.3 Å². The van der Waals surface area contributed by atoms with Crippen molar-refractivity contribution in [3.63, 3.8) is 0 Å². The van der Waals surface area contributed by atoms with Gasteiger partial charge in [0, 0.05) is 11.1 Å². The van der Waals surface area contributed by atoms with Crippen LogP contribution >= 0.6 is 0 Å². The van der Waals surface area contributed by atoms with Crippen LogP contribution in [0.1, 0.15) is 11.1 Å². The Balaban J connectivity index is 1.41. The number of rotatable bonds is 8. The van der Waals surface area contributed by atoms with Crippen molar-refractivity contribution in [3.05, 3.63) is 96.3 Å². The van der Waals surface area contributed by atoms with Gasteiger partial charge >= 0.3 is 14.2 Å². The van der Waals surface area contributed by atoms with E-state index in [0.717, 1.165) is 22.3 Å². The van der Waals surface area contributed by atoms with Crippen LogP contribution in [0, 0.1) is 0 Å². The van der Waals surface area contributed by atoms with Gasteiger partial charge in [-0.1, -0.05) is 83.2 Å². The zero-order valence-corrected chi connectivity index (χ0v) is 19.1. The van der Waals surface area contributed by atoms with E-state index in [9.17, 15) is 20.1 Å². The summed E-state index contributed by atoms with van der Waals surface area (Å²) in [5, 5.41) is 55.6. The third-order valence-corrected chi connectivity index (χ3v) is 5.89. The smallest absolute Gasteiger partial charge is 0.423 e. The van der Waals surface area contributed by atoms with Crippen LogP contribution in [0.15, 0.2) is 85.2 Å². The molecule has 0 aliphatic heterocycles. The van der Waals surface area contributed by atoms with E-state index in [4.69, 9.17) is 0 Å². The molecule has 0 radical (unpaired) electrons. The lowest BCUT2D eigenvalue weighted by atomic mass is 9.77. The fourth-order valence-electron chi connectivity index (χ4n) is 4.14. The van der Waals surface area contributed by atoms with Crippen molar-refractivity contribution in [3.8, 4) is 22.5 Å². The normalized spacial score (nSPS) is 11.0. The van der Waals surface area contributed by atoms with Gasteiger partial charge in [0.1, 0.15) is 11.4 Å². The van der Waals surface area contributed by atoms with Crippen molar-refractivity contribution in [2.75, 3.05) is 0 Å². The van der Waals surface area contributed by atoms with Gasteiger partial charge in [0.05, 0.1) is 25.5 Å². The molecule has 178 valence electrons. The van der Waals surface area contributed by atoms with Gasteiger partial charge in [-0.3, -0.25) is 0 Å². The molecule has 12 heteroatoms. The molecule has 4 N–H and O–H groups in total. The molecule has 2 heterocycles. The molecule has 36 heavy (non-hydrogen) atoms. The van der Waals surface area contributed by atoms with Crippen LogP contribution in [-0.2, 0) is 13.1 Å². The quantitative estimate of drug-likeness (QED) is 0.221. The first-order chi connectivity index (χ1) is 17.5. The summed E-state index contributed by atoms with van der Waals surface area (Å²) in [5.74, 6) is 0. The summed E-state index contributed by atoms with van der Waals surface area (Å²) in [7, 11) is -3.14. The predicted molar refractivity (Wildman–Crippen MR) is 135 cm³/mol. The molecule has 0 atom stereocenters. The number of benzene rings is 3. The van der Waals surface area contributed by atoms with Crippen molar-refractivity contribution >= 4 is 25.2 Å². The fraction of sp³-hybridized carbons (Fsp3) is 0.0833. The van der Waals surface area contributed by atoms with E-state index in [0.29, 0.717) is 35.4 Å². The lowest BCUT2D eigenvalue weighted by Gasteiger charge is -2.08. The second-order valence-electron chi connectivity index (χ2n) is 8.29. The minimum absolute atomic E-state index is 0.329. The molecule has 3 aromatic carbocycles. The van der Waals surface area contributed by atoms with E-state index >= 15 is 0 Å². The maximum atomic E-state index is 9.64. The Hall–Kier alpha value is -4.09. The standard InChI is InChI=1S/C24H22B2N6O4/c33-25(34)21-11-5-1-7-17(21)13-31-15-23(27-29-31)19-9-3-4-10-20(19)24-16-32(30-28-24)14-18-8-2-6-12-22(18)26(35)36/h1-12,15-16,33-36H,13-14H2. The Morgan fingerprint density at radius 2 is 0.944 bits per heavy atom. The zero-order valence-electron chi connectivity index (χ0n) is 19.1. The van der Waals surface area contributed by atoms with E-state index < -0.39 is 14.2 Å². The number of nitrogens with zero attached hydrogens (tertiary/aromatic N) is 6. The Morgan fingerprint density at radius 1 is 0.556 bits per heavy atom. The summed E-state index contributed by atoms with van der Waals surface area (Å²) in [6.07, 6.45) is 3.59. The molecule has 0 saturated carbocycles. The second-order valence-corrected chi connectivity index (χ2v) is 8.29. The van der Waals surface area contributed by atoms with E-state index in [1.807, 2.05) is 48.5 Å². The van der Waals surface area contributed by atoms with Crippen molar-refractivity contribution in [2.45, 2.75) is 13.1 Å². The highest BCUT2D eigenvalue weighted by Crippen LogP contribution is 2.29. The SMILES string of the molecule is OB(O)c1ccccc1Cn1cc(-c2ccccc2-c2cn(Cc3ccccc3B(O)O)nn2)nn1. The summed E-state index contributed by atoms with van der Waals surface area (Å²) < 4.78 is 3.28. The van der Waals surface area contributed by atoms with Crippen LogP contribution in [0.3, 0.4) is 0 Å². The minimum atomic E-state index is -1.57. The van der Waals surface area contributed by atoms with Crippen LogP contribution in [0.4, 0.5) is 0 Å². The molecule has 0 spiro atoms. The highest BCUT2D eigenvalue weighted by atomic mass is 16.4. The highest BCUT2D eigenvalue weighted by molar-refractivity contribution is 6.59. The Kier molecular flexibility index (Phi) is 6.74. The largest absolute Gasteiger partial charge is 0.488 e. The Bertz CT molecular complexity index is 1380. The Morgan fingerprint density at radius 3 is 1.36 bits per heavy atom. The van der Waals surface area contributed by atoms with E-state index in [1.54, 1.807) is 46.0 Å². The molecule has 0 unspecified atom stereocenters. The highest BCUT2D eigenvalue weighted by Gasteiger charge is 2.18. The first kappa shape index (κ1) is 23.6. The fourth-order valence-corrected chi connectivity index (χ4v) is 4.14. The number of hydrogen-bond acceptors (Lipinski definition) is 8. The number of hydrogen-bond donors (Lipinski definition) is 4. The lowest BCUT2D eigenvalue weighted by Crippen LogP contribution is -2.33. The maximum Gasteiger partial charge on any atom is 0.488 e. The molecule has 5 aromatic rings. The van der Waals surface area contributed by atoms with Gasteiger partial charge in [0.2, 0.25) is 0 Å². The van der Waals surface area contributed by atoms with Gasteiger partial charge in [-0.05, 0) is 22.1 Å². The molecule has 2 aromatic heterocycles. The summed E-state index contributed by atoms with van der Waals surface area (Å²) in [6.45, 7) is 0.657. The first-order valence-electron chi connectivity index (χ1n) is 11.3. The van der Waals surface area contributed by atoms with Gasteiger partial charge in [-0.2, -0.15) is 0 Å². The molecule has 0 amide bonds. The van der Waals surface area contributed by atoms with Crippen molar-refractivity contribution in [1.29, 1.82) is 0 Å². The van der Waals surface area contributed by atoms with Gasteiger partial charge < -0.3 is 20.1 Å². The average molecular weight is 480 g/mol. The van der Waals surface area contributed by atoms with Gasteiger partial charge in [-0.25, -0.2) is 9.36 Å². The summed E-state index contributed by atoms with van der Waals surface area (Å²) in [6, 6.07) is 21.8. The molecule has 0 saturated heterocycles. The van der Waals surface area contributed by atoms with Gasteiger partial charge in [-0.15, -0.1) is 10.2 Å². The van der Waals surface area contributed by atoms with Gasteiger partial charge in [0.15, 0.2) is 0 Å².